The highest BCUT2D eigenvalue weighted by molar-refractivity contribution is 5.01. The van der Waals surface area contributed by atoms with Crippen LogP contribution in [0.1, 0.15) is 32.5 Å². The minimum atomic E-state index is 0.487. The van der Waals surface area contributed by atoms with Gasteiger partial charge in [0.25, 0.3) is 0 Å². The van der Waals surface area contributed by atoms with Crippen LogP contribution in [-0.2, 0) is 6.54 Å². The molecule has 4 nitrogen and oxygen atoms in total. The van der Waals surface area contributed by atoms with E-state index in [1.54, 1.807) is 0 Å². The van der Waals surface area contributed by atoms with Gasteiger partial charge in [-0.2, -0.15) is 0 Å². The molecule has 0 spiro atoms. The number of hydrogen-bond acceptors (Lipinski definition) is 3. The molecule has 0 fully saturated rings. The average Bonchev–Trinajstić information content (AvgIpc) is 2.70. The van der Waals surface area contributed by atoms with Crippen molar-refractivity contribution in [1.82, 2.24) is 19.8 Å². The number of nitrogens with one attached hydrogen (secondary N) is 1. The van der Waals surface area contributed by atoms with Gasteiger partial charge < -0.3 is 14.8 Å². The van der Waals surface area contributed by atoms with E-state index in [9.17, 15) is 0 Å². The van der Waals surface area contributed by atoms with Crippen molar-refractivity contribution in [2.75, 3.05) is 27.2 Å². The van der Waals surface area contributed by atoms with Crippen LogP contribution >= 0.6 is 0 Å². The molecule has 0 radical (unpaired) electrons. The maximum atomic E-state index is 4.29. The van der Waals surface area contributed by atoms with Crippen LogP contribution in [0.15, 0.2) is 12.5 Å². The molecule has 1 aromatic rings. The van der Waals surface area contributed by atoms with Crippen molar-refractivity contribution in [2.45, 2.75) is 33.4 Å². The molecule has 1 unspecified atom stereocenters. The SMILES string of the molecule is CCNCc1cncn1C(CN(C)C)C(C)C. The number of hydrogen-bond donors (Lipinski definition) is 1. The second-order valence-electron chi connectivity index (χ2n) is 5.15. The smallest absolute Gasteiger partial charge is 0.0951 e. The summed E-state index contributed by atoms with van der Waals surface area (Å²) in [6.45, 7) is 9.60. The Morgan fingerprint density at radius 3 is 2.65 bits per heavy atom. The highest BCUT2D eigenvalue weighted by Gasteiger charge is 2.18. The monoisotopic (exact) mass is 238 g/mol. The molecule has 0 saturated heterocycles. The summed E-state index contributed by atoms with van der Waals surface area (Å²) in [5, 5.41) is 3.36. The summed E-state index contributed by atoms with van der Waals surface area (Å²) < 4.78 is 2.31. The van der Waals surface area contributed by atoms with Crippen LogP contribution in [-0.4, -0.2) is 41.6 Å². The van der Waals surface area contributed by atoms with Crippen LogP contribution in [0.3, 0.4) is 0 Å². The first-order valence-electron chi connectivity index (χ1n) is 6.42. The summed E-state index contributed by atoms with van der Waals surface area (Å²) >= 11 is 0. The number of rotatable bonds is 7. The van der Waals surface area contributed by atoms with Crippen molar-refractivity contribution in [3.63, 3.8) is 0 Å². The lowest BCUT2D eigenvalue weighted by molar-refractivity contribution is 0.264. The molecule has 0 saturated carbocycles. The minimum absolute atomic E-state index is 0.487. The van der Waals surface area contributed by atoms with E-state index in [1.807, 2.05) is 12.5 Å². The van der Waals surface area contributed by atoms with E-state index in [0.29, 0.717) is 12.0 Å². The van der Waals surface area contributed by atoms with Crippen molar-refractivity contribution < 1.29 is 0 Å². The zero-order chi connectivity index (χ0) is 12.8. The third-order valence-corrected chi connectivity index (χ3v) is 2.98. The molecule has 0 aliphatic heterocycles. The van der Waals surface area contributed by atoms with Gasteiger partial charge in [0.05, 0.1) is 12.0 Å². The molecule has 98 valence electrons. The number of nitrogens with zero attached hydrogens (tertiary/aromatic N) is 3. The van der Waals surface area contributed by atoms with Gasteiger partial charge in [0.15, 0.2) is 0 Å². The fourth-order valence-electron chi connectivity index (χ4n) is 2.01. The summed E-state index contributed by atoms with van der Waals surface area (Å²) in [5.41, 5.74) is 1.27. The molecular weight excluding hydrogens is 212 g/mol. The Kier molecular flexibility index (Phi) is 5.65. The summed E-state index contributed by atoms with van der Waals surface area (Å²) in [5.74, 6) is 0.604. The molecule has 1 heterocycles. The van der Waals surface area contributed by atoms with Gasteiger partial charge in [-0.05, 0) is 26.6 Å². The van der Waals surface area contributed by atoms with Gasteiger partial charge in [0.2, 0.25) is 0 Å². The predicted octanol–water partition coefficient (Wildman–Crippen LogP) is 1.75. The Labute approximate surface area is 105 Å². The molecular formula is C13H26N4. The third kappa shape index (κ3) is 4.13. The maximum Gasteiger partial charge on any atom is 0.0951 e. The van der Waals surface area contributed by atoms with E-state index >= 15 is 0 Å². The second-order valence-corrected chi connectivity index (χ2v) is 5.15. The summed E-state index contributed by atoms with van der Waals surface area (Å²) in [6, 6.07) is 0.487. The Bertz CT molecular complexity index is 317. The standard InChI is InChI=1S/C13H26N4/c1-6-14-7-12-8-15-10-17(12)13(11(2)3)9-16(4)5/h8,10-11,13-14H,6-7,9H2,1-5H3. The Morgan fingerprint density at radius 2 is 2.12 bits per heavy atom. The van der Waals surface area contributed by atoms with Crippen molar-refractivity contribution in [3.05, 3.63) is 18.2 Å². The van der Waals surface area contributed by atoms with E-state index in [2.05, 4.69) is 54.6 Å². The quantitative estimate of drug-likeness (QED) is 0.785. The fourth-order valence-corrected chi connectivity index (χ4v) is 2.01. The van der Waals surface area contributed by atoms with Gasteiger partial charge in [-0.25, -0.2) is 4.98 Å². The fraction of sp³-hybridized carbons (Fsp3) is 0.769. The van der Waals surface area contributed by atoms with Gasteiger partial charge in [-0.1, -0.05) is 20.8 Å². The number of imidazole rings is 1. The Hall–Kier alpha value is -0.870. The Balaban J connectivity index is 2.82. The summed E-state index contributed by atoms with van der Waals surface area (Å²) in [4.78, 5) is 6.53. The zero-order valence-electron chi connectivity index (χ0n) is 11.8. The predicted molar refractivity (Wildman–Crippen MR) is 72.0 cm³/mol. The molecule has 1 atom stereocenters. The van der Waals surface area contributed by atoms with Crippen LogP contribution in [0.25, 0.3) is 0 Å². The zero-order valence-corrected chi connectivity index (χ0v) is 11.8. The second kappa shape index (κ2) is 6.77. The highest BCUT2D eigenvalue weighted by atomic mass is 15.2. The van der Waals surface area contributed by atoms with E-state index in [1.165, 1.54) is 5.69 Å². The first kappa shape index (κ1) is 14.2. The molecule has 0 aromatic carbocycles. The van der Waals surface area contributed by atoms with Crippen molar-refractivity contribution in [1.29, 1.82) is 0 Å². The molecule has 0 aliphatic carbocycles. The van der Waals surface area contributed by atoms with Gasteiger partial charge in [0, 0.05) is 25.3 Å². The topological polar surface area (TPSA) is 33.1 Å². The van der Waals surface area contributed by atoms with Crippen LogP contribution in [0.4, 0.5) is 0 Å². The first-order valence-corrected chi connectivity index (χ1v) is 6.42. The summed E-state index contributed by atoms with van der Waals surface area (Å²) in [6.07, 6.45) is 3.93. The van der Waals surface area contributed by atoms with Crippen molar-refractivity contribution >= 4 is 0 Å². The van der Waals surface area contributed by atoms with Crippen LogP contribution < -0.4 is 5.32 Å². The summed E-state index contributed by atoms with van der Waals surface area (Å²) in [7, 11) is 4.24. The lowest BCUT2D eigenvalue weighted by Crippen LogP contribution is -2.29. The minimum Gasteiger partial charge on any atom is -0.329 e. The lowest BCUT2D eigenvalue weighted by atomic mass is 10.0. The van der Waals surface area contributed by atoms with Gasteiger partial charge >= 0.3 is 0 Å². The molecule has 1 rings (SSSR count). The molecule has 0 amide bonds. The first-order chi connectivity index (χ1) is 8.06. The van der Waals surface area contributed by atoms with E-state index in [4.69, 9.17) is 0 Å². The Morgan fingerprint density at radius 1 is 1.41 bits per heavy atom. The van der Waals surface area contributed by atoms with E-state index < -0.39 is 0 Å². The van der Waals surface area contributed by atoms with Crippen molar-refractivity contribution in [3.8, 4) is 0 Å². The largest absolute Gasteiger partial charge is 0.329 e. The van der Waals surface area contributed by atoms with Crippen LogP contribution in [0, 0.1) is 5.92 Å². The van der Waals surface area contributed by atoms with Crippen LogP contribution in [0.5, 0.6) is 0 Å². The molecule has 1 N–H and O–H groups in total. The van der Waals surface area contributed by atoms with E-state index in [-0.39, 0.29) is 0 Å². The maximum absolute atomic E-state index is 4.29. The normalized spacial score (nSPS) is 13.6. The third-order valence-electron chi connectivity index (χ3n) is 2.98. The van der Waals surface area contributed by atoms with Gasteiger partial charge in [-0.15, -0.1) is 0 Å². The molecule has 0 aliphatic rings. The highest BCUT2D eigenvalue weighted by Crippen LogP contribution is 2.20. The van der Waals surface area contributed by atoms with Gasteiger partial charge in [-0.3, -0.25) is 0 Å². The lowest BCUT2D eigenvalue weighted by Gasteiger charge is -2.27. The molecule has 0 bridgehead atoms. The van der Waals surface area contributed by atoms with Crippen molar-refractivity contribution in [2.24, 2.45) is 5.92 Å². The number of likely N-dealkylation sites (N-methyl/N-ethyl adjacent to an activating group) is 1. The molecule has 17 heavy (non-hydrogen) atoms. The van der Waals surface area contributed by atoms with Crippen LogP contribution in [0.2, 0.25) is 0 Å². The molecule has 1 aromatic heterocycles. The van der Waals surface area contributed by atoms with Gasteiger partial charge in [0.1, 0.15) is 0 Å². The molecule has 4 heteroatoms. The van der Waals surface area contributed by atoms with E-state index in [0.717, 1.165) is 19.6 Å². The number of aromatic nitrogens is 2. The average molecular weight is 238 g/mol.